The van der Waals surface area contributed by atoms with Crippen LogP contribution >= 0.6 is 11.3 Å². The average Bonchev–Trinajstić information content (AvgIpc) is 3.66. The smallest absolute Gasteiger partial charge is 0.135 e. The SMILES string of the molecule is BC1=C(B)C(c2c(B)c(B)c(B)c(B)c2B)C(c2sc(-c3c(B)c(B)c(B)c(B)c3-c3c(B)c(B)c(B)c(B)c3C)c3c2C(B)C(B)=C3B)=C1B. The Balaban J connectivity index is 1.78. The molecule has 0 saturated carbocycles. The maximum atomic E-state index is 2.47. The van der Waals surface area contributed by atoms with Gasteiger partial charge in [0.05, 0.1) is 0 Å². The quantitative estimate of drug-likeness (QED) is 0.192. The van der Waals surface area contributed by atoms with Gasteiger partial charge in [-0.2, -0.15) is 0 Å². The Hall–Kier alpha value is -2.19. The van der Waals surface area contributed by atoms with Gasteiger partial charge in [-0.25, -0.2) is 0 Å². The molecule has 0 bridgehead atoms. The van der Waals surface area contributed by atoms with Gasteiger partial charge in [-0.3, -0.25) is 0 Å². The van der Waals surface area contributed by atoms with E-state index in [1.54, 1.807) is 11.1 Å². The van der Waals surface area contributed by atoms with Crippen molar-refractivity contribution in [2.75, 3.05) is 0 Å². The first kappa shape index (κ1) is 38.5. The molecule has 1 heterocycles. The molecule has 0 spiro atoms. The molecule has 0 amide bonds. The molecular formula is C31H43B19S. The van der Waals surface area contributed by atoms with Gasteiger partial charge in [0, 0.05) is 15.7 Å². The summed E-state index contributed by atoms with van der Waals surface area (Å²) in [7, 11) is 45.0. The molecule has 0 N–H and O–H groups in total. The summed E-state index contributed by atoms with van der Waals surface area (Å²) in [5, 5.41) is 0. The highest BCUT2D eigenvalue weighted by molar-refractivity contribution is 7.17. The summed E-state index contributed by atoms with van der Waals surface area (Å²) in [6.45, 7) is 2.37. The number of allylic oxidation sites excluding steroid dienone is 5. The molecule has 0 fully saturated rings. The van der Waals surface area contributed by atoms with Gasteiger partial charge in [0.25, 0.3) is 0 Å². The summed E-state index contributed by atoms with van der Waals surface area (Å²) in [6.07, 6.45) is 0. The number of thiophene rings is 1. The Morgan fingerprint density at radius 2 is 0.804 bits per heavy atom. The average molecular weight is 653 g/mol. The van der Waals surface area contributed by atoms with Crippen molar-refractivity contribution in [3.8, 4) is 21.6 Å². The van der Waals surface area contributed by atoms with E-state index in [2.05, 4.69) is 167 Å². The lowest BCUT2D eigenvalue weighted by atomic mass is 9.57. The van der Waals surface area contributed by atoms with Gasteiger partial charge in [-0.1, -0.05) is 54.8 Å². The van der Waals surface area contributed by atoms with Crippen LogP contribution in [-0.2, 0) is 0 Å². The molecule has 4 aromatic rings. The molecule has 0 radical (unpaired) electrons. The van der Waals surface area contributed by atoms with E-state index in [4.69, 9.17) is 0 Å². The van der Waals surface area contributed by atoms with E-state index in [1.807, 2.05) is 0 Å². The van der Waals surface area contributed by atoms with Gasteiger partial charge in [-0.05, 0) is 46.1 Å². The van der Waals surface area contributed by atoms with E-state index in [1.165, 1.54) is 142 Å². The van der Waals surface area contributed by atoms with Crippen molar-refractivity contribution in [2.45, 2.75) is 18.7 Å². The lowest BCUT2D eigenvalue weighted by Gasteiger charge is -2.29. The molecule has 0 saturated heterocycles. The molecule has 1 aromatic heterocycles. The van der Waals surface area contributed by atoms with Crippen LogP contribution in [0.4, 0.5) is 0 Å². The summed E-state index contributed by atoms with van der Waals surface area (Å²) in [4.78, 5) is 2.99. The van der Waals surface area contributed by atoms with Gasteiger partial charge >= 0.3 is 0 Å². The summed E-state index contributed by atoms with van der Waals surface area (Å²) in [5.74, 6) is 0.649. The van der Waals surface area contributed by atoms with E-state index in [-0.39, 0.29) is 5.92 Å². The molecule has 2 aliphatic rings. The third-order valence-electron chi connectivity index (χ3n) is 15.0. The molecule has 2 aliphatic carbocycles. The number of benzene rings is 3. The summed E-state index contributed by atoms with van der Waals surface area (Å²) in [6, 6.07) is 0. The second kappa shape index (κ2) is 13.3. The number of hydrogen-bond acceptors (Lipinski definition) is 1. The van der Waals surface area contributed by atoms with Crippen molar-refractivity contribution >= 4 is 242 Å². The number of fused-ring (bicyclic) bond motifs is 1. The predicted molar refractivity (Wildman–Crippen MR) is 290 cm³/mol. The van der Waals surface area contributed by atoms with Crippen LogP contribution in [0.1, 0.15) is 38.9 Å². The first-order chi connectivity index (χ1) is 23.7. The van der Waals surface area contributed by atoms with E-state index in [0.29, 0.717) is 5.82 Å². The molecule has 0 aliphatic heterocycles. The number of rotatable bonds is 4. The molecular weight excluding hydrogens is 610 g/mol. The zero-order chi connectivity index (χ0) is 38.0. The first-order valence-electron chi connectivity index (χ1n) is 19.2. The van der Waals surface area contributed by atoms with Gasteiger partial charge in [0.2, 0.25) is 0 Å². The fraction of sp³-hybridized carbons (Fsp3) is 0.0968. The maximum Gasteiger partial charge on any atom is 0.139 e. The number of hydrogen-bond donors (Lipinski definition) is 0. The minimum Gasteiger partial charge on any atom is -0.135 e. The summed E-state index contributed by atoms with van der Waals surface area (Å²) in [5.41, 5.74) is 38.1. The Labute approximate surface area is 329 Å². The Bertz CT molecular complexity index is 2320. The lowest BCUT2D eigenvalue weighted by Crippen LogP contribution is -2.56. The van der Waals surface area contributed by atoms with Crippen molar-refractivity contribution in [2.24, 2.45) is 0 Å². The van der Waals surface area contributed by atoms with Crippen LogP contribution in [0.3, 0.4) is 0 Å². The Kier molecular flexibility index (Phi) is 10.0. The molecule has 230 valence electrons. The van der Waals surface area contributed by atoms with Gasteiger partial charge in [-0.15, -0.1) is 66.0 Å². The largest absolute Gasteiger partial charge is 0.139 e. The third-order valence-corrected chi connectivity index (χ3v) is 16.3. The maximum absolute atomic E-state index is 2.47. The standard InChI is InChI=1S/C31H43B19S/c1-2-3(12(33)24(45)21(42)11(2)32)4-7(18(39)28(49)25(46)13(4)34)30-9-10(20(41)23(44)19(9)40)31(51-30)8-5(14(35)22(43)17(8)38)6-15(36)26(47)29(50)27(48)16(6)37/h5,20H,32-50H2,1H3. The van der Waals surface area contributed by atoms with Crippen LogP contribution in [0.25, 0.3) is 32.6 Å². The van der Waals surface area contributed by atoms with Crippen molar-refractivity contribution in [1.82, 2.24) is 0 Å². The van der Waals surface area contributed by atoms with Crippen molar-refractivity contribution < 1.29 is 0 Å². The Morgan fingerprint density at radius 3 is 1.33 bits per heavy atom. The molecule has 2 unspecified atom stereocenters. The van der Waals surface area contributed by atoms with Gasteiger partial charge in [0.1, 0.15) is 149 Å². The third kappa shape index (κ3) is 5.28. The molecule has 51 heavy (non-hydrogen) atoms. The highest BCUT2D eigenvalue weighted by Gasteiger charge is 2.39. The molecule has 2 atom stereocenters. The first-order valence-corrected chi connectivity index (χ1v) is 20.0. The predicted octanol–water partition coefficient (Wildman–Crippen LogP) is -20.0. The van der Waals surface area contributed by atoms with Gasteiger partial charge < -0.3 is 0 Å². The fourth-order valence-electron chi connectivity index (χ4n) is 9.90. The second-order valence-corrected chi connectivity index (χ2v) is 17.7. The molecule has 0 nitrogen and oxygen atoms in total. The molecule has 6 rings (SSSR count). The monoisotopic (exact) mass is 656 g/mol. The summed E-state index contributed by atoms with van der Waals surface area (Å²) >= 11 is 2.10. The highest BCUT2D eigenvalue weighted by atomic mass is 32.1. The van der Waals surface area contributed by atoms with Crippen LogP contribution in [0.15, 0.2) is 21.9 Å². The topological polar surface area (TPSA) is 0 Å². The van der Waals surface area contributed by atoms with Crippen molar-refractivity contribution in [3.05, 3.63) is 49.0 Å². The summed E-state index contributed by atoms with van der Waals surface area (Å²) < 4.78 is 0. The molecule has 3 aromatic carbocycles. The van der Waals surface area contributed by atoms with Crippen LogP contribution in [0, 0.1) is 6.92 Å². The van der Waals surface area contributed by atoms with E-state index in [9.17, 15) is 0 Å². The molecule has 20 heteroatoms. The van der Waals surface area contributed by atoms with Crippen LogP contribution in [0.5, 0.6) is 0 Å². The minimum atomic E-state index is 0.265. The normalized spacial score (nSPS) is 17.2. The van der Waals surface area contributed by atoms with Crippen LogP contribution in [0.2, 0.25) is 0 Å². The van der Waals surface area contributed by atoms with Crippen LogP contribution in [-0.4, -0.2) is 149 Å². The zero-order valence-electron chi connectivity index (χ0n) is 35.6. The fourth-order valence-corrected chi connectivity index (χ4v) is 11.6. The van der Waals surface area contributed by atoms with E-state index < -0.39 is 0 Å². The Morgan fingerprint density at radius 1 is 0.373 bits per heavy atom. The van der Waals surface area contributed by atoms with Crippen molar-refractivity contribution in [3.63, 3.8) is 0 Å². The van der Waals surface area contributed by atoms with E-state index >= 15 is 0 Å². The second-order valence-electron chi connectivity index (χ2n) is 16.6. The van der Waals surface area contributed by atoms with E-state index in [0.717, 1.165) is 0 Å². The van der Waals surface area contributed by atoms with Crippen LogP contribution < -0.4 is 71.0 Å². The zero-order valence-corrected chi connectivity index (χ0v) is 36.4. The van der Waals surface area contributed by atoms with Gasteiger partial charge in [0.15, 0.2) is 0 Å². The van der Waals surface area contributed by atoms with Crippen molar-refractivity contribution in [1.29, 1.82) is 0 Å². The lowest BCUT2D eigenvalue weighted by molar-refractivity contribution is 1.12. The highest BCUT2D eigenvalue weighted by Crippen LogP contribution is 2.56. The minimum absolute atomic E-state index is 0.265.